The lowest BCUT2D eigenvalue weighted by Gasteiger charge is -2.26. The fourth-order valence-corrected chi connectivity index (χ4v) is 3.02. The largest absolute Gasteiger partial charge is 0.392 e. The van der Waals surface area contributed by atoms with Gasteiger partial charge in [-0.15, -0.1) is 0 Å². The van der Waals surface area contributed by atoms with Gasteiger partial charge < -0.3 is 10.4 Å². The predicted molar refractivity (Wildman–Crippen MR) is 81.5 cm³/mol. The Morgan fingerprint density at radius 3 is 1.85 bits per heavy atom. The standard InChI is InChI=1S/C18H21NO/c20-17-13-7-12-16(17)19-18(14-8-3-1-4-9-14)15-10-5-2-6-11-15/h1-6,8-11,16-20H,7,12-13H2/t16-,17+/m1/s1. The molecule has 2 nitrogen and oxygen atoms in total. The van der Waals surface area contributed by atoms with Crippen LogP contribution in [0.15, 0.2) is 60.7 Å². The molecule has 1 aliphatic rings. The van der Waals surface area contributed by atoms with Gasteiger partial charge in [-0.2, -0.15) is 0 Å². The second-order valence-electron chi connectivity index (χ2n) is 5.53. The summed E-state index contributed by atoms with van der Waals surface area (Å²) in [7, 11) is 0. The van der Waals surface area contributed by atoms with Crippen LogP contribution in [0.25, 0.3) is 0 Å². The van der Waals surface area contributed by atoms with Gasteiger partial charge in [-0.25, -0.2) is 0 Å². The second-order valence-corrected chi connectivity index (χ2v) is 5.53. The average molecular weight is 267 g/mol. The van der Waals surface area contributed by atoms with Crippen LogP contribution in [0.1, 0.15) is 36.4 Å². The van der Waals surface area contributed by atoms with Gasteiger partial charge >= 0.3 is 0 Å². The van der Waals surface area contributed by atoms with E-state index in [1.807, 2.05) is 12.1 Å². The van der Waals surface area contributed by atoms with Crippen molar-refractivity contribution in [2.45, 2.75) is 37.5 Å². The molecule has 0 spiro atoms. The molecule has 104 valence electrons. The van der Waals surface area contributed by atoms with Crippen molar-refractivity contribution in [1.29, 1.82) is 0 Å². The van der Waals surface area contributed by atoms with Gasteiger partial charge in [-0.3, -0.25) is 0 Å². The molecule has 2 aromatic carbocycles. The third-order valence-corrected chi connectivity index (χ3v) is 4.13. The SMILES string of the molecule is O[C@H]1CCC[C@H]1NC(c1ccccc1)c1ccccc1. The van der Waals surface area contributed by atoms with Gasteiger partial charge in [0.1, 0.15) is 0 Å². The Morgan fingerprint density at radius 1 is 0.850 bits per heavy atom. The molecule has 1 saturated carbocycles. The highest BCUT2D eigenvalue weighted by atomic mass is 16.3. The van der Waals surface area contributed by atoms with E-state index in [0.717, 1.165) is 19.3 Å². The van der Waals surface area contributed by atoms with Crippen molar-refractivity contribution in [3.8, 4) is 0 Å². The van der Waals surface area contributed by atoms with E-state index in [2.05, 4.69) is 53.8 Å². The van der Waals surface area contributed by atoms with Gasteiger partial charge in [0, 0.05) is 6.04 Å². The van der Waals surface area contributed by atoms with Crippen molar-refractivity contribution >= 4 is 0 Å². The minimum absolute atomic E-state index is 0.148. The number of hydrogen-bond acceptors (Lipinski definition) is 2. The van der Waals surface area contributed by atoms with Crippen LogP contribution in [0.5, 0.6) is 0 Å². The number of hydrogen-bond donors (Lipinski definition) is 2. The number of benzene rings is 2. The highest BCUT2D eigenvalue weighted by Gasteiger charge is 2.28. The van der Waals surface area contributed by atoms with Crippen LogP contribution in [0.3, 0.4) is 0 Å². The molecule has 2 aromatic rings. The first kappa shape index (κ1) is 13.3. The summed E-state index contributed by atoms with van der Waals surface area (Å²) in [5.41, 5.74) is 2.50. The smallest absolute Gasteiger partial charge is 0.0693 e. The van der Waals surface area contributed by atoms with Crippen molar-refractivity contribution in [3.05, 3.63) is 71.8 Å². The van der Waals surface area contributed by atoms with Crippen LogP contribution in [0.2, 0.25) is 0 Å². The molecule has 0 saturated heterocycles. The Morgan fingerprint density at radius 2 is 1.40 bits per heavy atom. The molecule has 1 fully saturated rings. The van der Waals surface area contributed by atoms with E-state index in [0.29, 0.717) is 0 Å². The quantitative estimate of drug-likeness (QED) is 0.891. The average Bonchev–Trinajstić information content (AvgIpc) is 2.92. The Bertz CT molecular complexity index is 486. The van der Waals surface area contributed by atoms with E-state index >= 15 is 0 Å². The molecule has 2 N–H and O–H groups in total. The second kappa shape index (κ2) is 6.21. The first-order chi connectivity index (χ1) is 9.84. The molecule has 1 aliphatic carbocycles. The van der Waals surface area contributed by atoms with E-state index in [9.17, 15) is 5.11 Å². The number of rotatable bonds is 4. The van der Waals surface area contributed by atoms with Crippen molar-refractivity contribution in [1.82, 2.24) is 5.32 Å². The van der Waals surface area contributed by atoms with Crippen molar-refractivity contribution in [3.63, 3.8) is 0 Å². The van der Waals surface area contributed by atoms with Gasteiger partial charge in [0.15, 0.2) is 0 Å². The third-order valence-electron chi connectivity index (χ3n) is 4.13. The van der Waals surface area contributed by atoms with Gasteiger partial charge in [0.05, 0.1) is 12.1 Å². The van der Waals surface area contributed by atoms with E-state index in [-0.39, 0.29) is 18.2 Å². The normalized spacial score (nSPS) is 22.3. The molecule has 0 aliphatic heterocycles. The molecule has 2 atom stereocenters. The molecular formula is C18H21NO. The lowest BCUT2D eigenvalue weighted by molar-refractivity contribution is 0.145. The molecule has 0 aromatic heterocycles. The molecule has 0 radical (unpaired) electrons. The van der Waals surface area contributed by atoms with Crippen molar-refractivity contribution < 1.29 is 5.11 Å². The molecule has 20 heavy (non-hydrogen) atoms. The maximum atomic E-state index is 10.1. The molecule has 0 bridgehead atoms. The summed E-state index contributed by atoms with van der Waals surface area (Å²) < 4.78 is 0. The Kier molecular flexibility index (Phi) is 4.14. The molecule has 2 heteroatoms. The number of nitrogens with one attached hydrogen (secondary N) is 1. The molecule has 3 rings (SSSR count). The van der Waals surface area contributed by atoms with Crippen LogP contribution < -0.4 is 5.32 Å². The maximum Gasteiger partial charge on any atom is 0.0693 e. The van der Waals surface area contributed by atoms with Crippen LogP contribution in [0.4, 0.5) is 0 Å². The summed E-state index contributed by atoms with van der Waals surface area (Å²) in [6, 6.07) is 21.3. The first-order valence-corrected chi connectivity index (χ1v) is 7.38. The molecule has 0 unspecified atom stereocenters. The highest BCUT2D eigenvalue weighted by Crippen LogP contribution is 2.27. The first-order valence-electron chi connectivity index (χ1n) is 7.38. The third kappa shape index (κ3) is 2.92. The molecule has 0 heterocycles. The summed E-state index contributed by atoms with van der Waals surface area (Å²) >= 11 is 0. The van der Waals surface area contributed by atoms with E-state index in [4.69, 9.17) is 0 Å². The minimum Gasteiger partial charge on any atom is -0.392 e. The Balaban J connectivity index is 1.88. The monoisotopic (exact) mass is 267 g/mol. The van der Waals surface area contributed by atoms with Gasteiger partial charge in [0.25, 0.3) is 0 Å². The van der Waals surface area contributed by atoms with Crippen LogP contribution >= 0.6 is 0 Å². The van der Waals surface area contributed by atoms with Crippen molar-refractivity contribution in [2.24, 2.45) is 0 Å². The topological polar surface area (TPSA) is 32.3 Å². The zero-order valence-electron chi connectivity index (χ0n) is 11.6. The summed E-state index contributed by atoms with van der Waals surface area (Å²) in [6.07, 6.45) is 2.85. The highest BCUT2D eigenvalue weighted by molar-refractivity contribution is 5.31. The van der Waals surface area contributed by atoms with Crippen LogP contribution in [0, 0.1) is 0 Å². The molecular weight excluding hydrogens is 246 g/mol. The lowest BCUT2D eigenvalue weighted by Crippen LogP contribution is -2.38. The van der Waals surface area contributed by atoms with Crippen LogP contribution in [-0.4, -0.2) is 17.3 Å². The van der Waals surface area contributed by atoms with Gasteiger partial charge in [-0.05, 0) is 30.4 Å². The fourth-order valence-electron chi connectivity index (χ4n) is 3.02. The van der Waals surface area contributed by atoms with Crippen LogP contribution in [-0.2, 0) is 0 Å². The van der Waals surface area contributed by atoms with Gasteiger partial charge in [-0.1, -0.05) is 60.7 Å². The lowest BCUT2D eigenvalue weighted by atomic mass is 9.97. The summed E-state index contributed by atoms with van der Waals surface area (Å²) in [5, 5.41) is 13.7. The van der Waals surface area contributed by atoms with Crippen molar-refractivity contribution in [2.75, 3.05) is 0 Å². The van der Waals surface area contributed by atoms with E-state index in [1.54, 1.807) is 0 Å². The molecule has 0 amide bonds. The Labute approximate surface area is 120 Å². The van der Waals surface area contributed by atoms with E-state index < -0.39 is 0 Å². The summed E-state index contributed by atoms with van der Waals surface area (Å²) in [6.45, 7) is 0. The van der Waals surface area contributed by atoms with E-state index in [1.165, 1.54) is 11.1 Å². The number of aliphatic hydroxyl groups is 1. The fraction of sp³-hybridized carbons (Fsp3) is 0.333. The van der Waals surface area contributed by atoms with Gasteiger partial charge in [0.2, 0.25) is 0 Å². The number of aliphatic hydroxyl groups excluding tert-OH is 1. The maximum absolute atomic E-state index is 10.1. The summed E-state index contributed by atoms with van der Waals surface area (Å²) in [4.78, 5) is 0. The minimum atomic E-state index is -0.218. The zero-order chi connectivity index (χ0) is 13.8. The zero-order valence-corrected chi connectivity index (χ0v) is 11.6. The summed E-state index contributed by atoms with van der Waals surface area (Å²) in [5.74, 6) is 0. The predicted octanol–water partition coefficient (Wildman–Crippen LogP) is 3.28. The Hall–Kier alpha value is -1.64.